The largest absolute Gasteiger partial charge is 0.489 e. The molecule has 1 aromatic carbocycles. The van der Waals surface area contributed by atoms with Gasteiger partial charge in [-0.05, 0) is 47.7 Å². The monoisotopic (exact) mass is 314 g/mol. The standard InChI is InChI=1S/C12H15BrN2O3/c13-11-7-9(15(16)17)4-5-12(11)18-10-3-1-2-8(14)6-10/h4-5,7-8,10H,1-3,6,14H2. The first-order chi connectivity index (χ1) is 8.56. The van der Waals surface area contributed by atoms with Gasteiger partial charge in [-0.3, -0.25) is 10.1 Å². The summed E-state index contributed by atoms with van der Waals surface area (Å²) < 4.78 is 6.45. The first kappa shape index (κ1) is 13.3. The Kier molecular flexibility index (Phi) is 4.19. The van der Waals surface area contributed by atoms with E-state index >= 15 is 0 Å². The molecule has 0 heterocycles. The molecule has 0 bridgehead atoms. The second kappa shape index (κ2) is 5.67. The summed E-state index contributed by atoms with van der Waals surface area (Å²) >= 11 is 3.30. The number of nitro benzene ring substituents is 1. The Morgan fingerprint density at radius 2 is 2.22 bits per heavy atom. The first-order valence-electron chi connectivity index (χ1n) is 5.92. The number of halogens is 1. The highest BCUT2D eigenvalue weighted by Gasteiger charge is 2.21. The van der Waals surface area contributed by atoms with Crippen molar-refractivity contribution < 1.29 is 9.66 Å². The van der Waals surface area contributed by atoms with Gasteiger partial charge in [-0.1, -0.05) is 0 Å². The second-order valence-electron chi connectivity index (χ2n) is 4.54. The first-order valence-corrected chi connectivity index (χ1v) is 6.71. The summed E-state index contributed by atoms with van der Waals surface area (Å²) in [7, 11) is 0. The van der Waals surface area contributed by atoms with Crippen LogP contribution in [0.2, 0.25) is 0 Å². The Balaban J connectivity index is 2.07. The van der Waals surface area contributed by atoms with Crippen molar-refractivity contribution in [2.75, 3.05) is 0 Å². The molecule has 0 aromatic heterocycles. The molecule has 0 spiro atoms. The van der Waals surface area contributed by atoms with Crippen LogP contribution in [-0.4, -0.2) is 17.1 Å². The number of ether oxygens (including phenoxy) is 1. The molecule has 1 fully saturated rings. The predicted molar refractivity (Wildman–Crippen MR) is 71.7 cm³/mol. The highest BCUT2D eigenvalue weighted by Crippen LogP contribution is 2.32. The number of non-ortho nitro benzene ring substituents is 1. The lowest BCUT2D eigenvalue weighted by Crippen LogP contribution is -2.33. The van der Waals surface area contributed by atoms with Gasteiger partial charge in [0.05, 0.1) is 9.40 Å². The number of nitro groups is 1. The van der Waals surface area contributed by atoms with Gasteiger partial charge in [0.15, 0.2) is 0 Å². The smallest absolute Gasteiger partial charge is 0.270 e. The third kappa shape index (κ3) is 3.20. The van der Waals surface area contributed by atoms with Crippen molar-refractivity contribution in [2.45, 2.75) is 37.8 Å². The van der Waals surface area contributed by atoms with Crippen LogP contribution in [-0.2, 0) is 0 Å². The van der Waals surface area contributed by atoms with E-state index in [-0.39, 0.29) is 17.8 Å². The number of nitrogens with two attached hydrogens (primary N) is 1. The van der Waals surface area contributed by atoms with Crippen LogP contribution < -0.4 is 10.5 Å². The average Bonchev–Trinajstić information content (AvgIpc) is 2.31. The van der Waals surface area contributed by atoms with Crippen LogP contribution in [0.25, 0.3) is 0 Å². The van der Waals surface area contributed by atoms with Gasteiger partial charge < -0.3 is 10.5 Å². The minimum atomic E-state index is -0.426. The number of hydrogen-bond donors (Lipinski definition) is 1. The van der Waals surface area contributed by atoms with Gasteiger partial charge in [0.1, 0.15) is 11.9 Å². The van der Waals surface area contributed by atoms with Gasteiger partial charge in [0.25, 0.3) is 5.69 Å². The molecule has 0 aliphatic heterocycles. The quantitative estimate of drug-likeness (QED) is 0.687. The topological polar surface area (TPSA) is 78.4 Å². The Labute approximate surface area is 114 Å². The molecular formula is C12H15BrN2O3. The number of hydrogen-bond acceptors (Lipinski definition) is 4. The summed E-state index contributed by atoms with van der Waals surface area (Å²) in [5.41, 5.74) is 5.95. The van der Waals surface area contributed by atoms with E-state index in [2.05, 4.69) is 15.9 Å². The Hall–Kier alpha value is -1.14. The molecule has 0 amide bonds. The third-order valence-corrected chi connectivity index (χ3v) is 3.71. The van der Waals surface area contributed by atoms with Crippen molar-refractivity contribution in [3.05, 3.63) is 32.8 Å². The van der Waals surface area contributed by atoms with Crippen molar-refractivity contribution >= 4 is 21.6 Å². The van der Waals surface area contributed by atoms with E-state index in [0.717, 1.165) is 25.7 Å². The fraction of sp³-hybridized carbons (Fsp3) is 0.500. The summed E-state index contributed by atoms with van der Waals surface area (Å²) in [5.74, 6) is 0.639. The fourth-order valence-corrected chi connectivity index (χ4v) is 2.63. The molecular weight excluding hydrogens is 300 g/mol. The number of rotatable bonds is 3. The van der Waals surface area contributed by atoms with Crippen LogP contribution in [0.1, 0.15) is 25.7 Å². The van der Waals surface area contributed by atoms with Gasteiger partial charge in [-0.25, -0.2) is 0 Å². The molecule has 1 aliphatic carbocycles. The highest BCUT2D eigenvalue weighted by atomic mass is 79.9. The van der Waals surface area contributed by atoms with Crippen molar-refractivity contribution in [3.63, 3.8) is 0 Å². The molecule has 2 N–H and O–H groups in total. The minimum Gasteiger partial charge on any atom is -0.489 e. The summed E-state index contributed by atoms with van der Waals surface area (Å²) in [6.45, 7) is 0. The Morgan fingerprint density at radius 3 is 2.83 bits per heavy atom. The molecule has 2 rings (SSSR count). The van der Waals surface area contributed by atoms with Gasteiger partial charge >= 0.3 is 0 Å². The molecule has 5 nitrogen and oxygen atoms in total. The van der Waals surface area contributed by atoms with Gasteiger partial charge in [-0.15, -0.1) is 0 Å². The SMILES string of the molecule is NC1CCCC(Oc2ccc([N+](=O)[O-])cc2Br)C1. The van der Waals surface area contributed by atoms with Crippen molar-refractivity contribution in [3.8, 4) is 5.75 Å². The summed E-state index contributed by atoms with van der Waals surface area (Å²) in [6.07, 6.45) is 4.03. The lowest BCUT2D eigenvalue weighted by atomic mass is 9.93. The van der Waals surface area contributed by atoms with Crippen molar-refractivity contribution in [1.29, 1.82) is 0 Å². The van der Waals surface area contributed by atoms with E-state index in [1.54, 1.807) is 6.07 Å². The van der Waals surface area contributed by atoms with Crippen LogP contribution in [0.3, 0.4) is 0 Å². The molecule has 18 heavy (non-hydrogen) atoms. The Morgan fingerprint density at radius 1 is 1.44 bits per heavy atom. The minimum absolute atomic E-state index is 0.0505. The summed E-state index contributed by atoms with van der Waals surface area (Å²) in [6, 6.07) is 4.73. The average molecular weight is 315 g/mol. The molecule has 2 atom stereocenters. The van der Waals surface area contributed by atoms with E-state index < -0.39 is 4.92 Å². The molecule has 6 heteroatoms. The van der Waals surface area contributed by atoms with E-state index in [4.69, 9.17) is 10.5 Å². The zero-order valence-electron chi connectivity index (χ0n) is 9.84. The predicted octanol–water partition coefficient (Wildman–Crippen LogP) is 3.01. The van der Waals surface area contributed by atoms with E-state index in [0.29, 0.717) is 10.2 Å². The maximum atomic E-state index is 10.6. The molecule has 1 aliphatic rings. The zero-order valence-corrected chi connectivity index (χ0v) is 11.4. The maximum Gasteiger partial charge on any atom is 0.270 e. The van der Waals surface area contributed by atoms with Crippen LogP contribution in [0.4, 0.5) is 5.69 Å². The van der Waals surface area contributed by atoms with Crippen LogP contribution in [0.5, 0.6) is 5.75 Å². The summed E-state index contributed by atoms with van der Waals surface area (Å²) in [4.78, 5) is 10.2. The fourth-order valence-electron chi connectivity index (χ4n) is 2.17. The van der Waals surface area contributed by atoms with E-state index in [1.165, 1.54) is 12.1 Å². The summed E-state index contributed by atoms with van der Waals surface area (Å²) in [5, 5.41) is 10.6. The lowest BCUT2D eigenvalue weighted by Gasteiger charge is -2.27. The van der Waals surface area contributed by atoms with E-state index in [9.17, 15) is 10.1 Å². The second-order valence-corrected chi connectivity index (χ2v) is 5.39. The third-order valence-electron chi connectivity index (χ3n) is 3.09. The van der Waals surface area contributed by atoms with Gasteiger partial charge in [-0.2, -0.15) is 0 Å². The normalized spacial score (nSPS) is 23.7. The highest BCUT2D eigenvalue weighted by molar-refractivity contribution is 9.10. The van der Waals surface area contributed by atoms with Crippen LogP contribution >= 0.6 is 15.9 Å². The molecule has 1 saturated carbocycles. The maximum absolute atomic E-state index is 10.6. The van der Waals surface area contributed by atoms with Crippen LogP contribution in [0, 0.1) is 10.1 Å². The lowest BCUT2D eigenvalue weighted by molar-refractivity contribution is -0.385. The van der Waals surface area contributed by atoms with E-state index in [1.807, 2.05) is 0 Å². The molecule has 0 radical (unpaired) electrons. The molecule has 98 valence electrons. The molecule has 2 unspecified atom stereocenters. The number of nitrogens with zero attached hydrogens (tertiary/aromatic N) is 1. The van der Waals surface area contributed by atoms with Crippen molar-refractivity contribution in [2.24, 2.45) is 5.73 Å². The van der Waals surface area contributed by atoms with Crippen molar-refractivity contribution in [1.82, 2.24) is 0 Å². The Bertz CT molecular complexity index is 453. The zero-order chi connectivity index (χ0) is 13.1. The molecule has 1 aromatic rings. The van der Waals surface area contributed by atoms with Gasteiger partial charge in [0.2, 0.25) is 0 Å². The molecule has 0 saturated heterocycles. The van der Waals surface area contributed by atoms with Gasteiger partial charge in [0, 0.05) is 18.2 Å². The van der Waals surface area contributed by atoms with Crippen LogP contribution in [0.15, 0.2) is 22.7 Å². The number of benzene rings is 1.